The van der Waals surface area contributed by atoms with Crippen molar-refractivity contribution in [3.63, 3.8) is 0 Å². The molecule has 0 aliphatic heterocycles. The highest BCUT2D eigenvalue weighted by Crippen LogP contribution is 2.29. The topological polar surface area (TPSA) is 58.2 Å². The molecule has 0 amide bonds. The van der Waals surface area contributed by atoms with E-state index in [-0.39, 0.29) is 0 Å². The van der Waals surface area contributed by atoms with E-state index in [9.17, 15) is 8.42 Å². The fourth-order valence-electron chi connectivity index (χ4n) is 1.89. The molecular formula is C13H15ClN2O2S2. The van der Waals surface area contributed by atoms with Crippen molar-refractivity contribution in [3.05, 3.63) is 45.1 Å². The van der Waals surface area contributed by atoms with Gasteiger partial charge in [-0.3, -0.25) is 4.72 Å². The maximum atomic E-state index is 12.5. The van der Waals surface area contributed by atoms with E-state index >= 15 is 0 Å². The van der Waals surface area contributed by atoms with E-state index in [4.69, 9.17) is 11.6 Å². The fraction of sp³-hybridized carbons (Fsp3) is 0.231. The normalized spacial score (nSPS) is 11.6. The average molecular weight is 331 g/mol. The van der Waals surface area contributed by atoms with Gasteiger partial charge < -0.3 is 5.32 Å². The Morgan fingerprint density at radius 3 is 2.75 bits per heavy atom. The first-order chi connectivity index (χ1) is 9.44. The number of rotatable bonds is 5. The van der Waals surface area contributed by atoms with Gasteiger partial charge in [-0.25, -0.2) is 8.42 Å². The van der Waals surface area contributed by atoms with Crippen LogP contribution in [0.25, 0.3) is 0 Å². The molecule has 108 valence electrons. The molecule has 0 saturated carbocycles. The molecule has 0 unspecified atom stereocenters. The summed E-state index contributed by atoms with van der Waals surface area (Å²) >= 11 is 7.30. The Morgan fingerprint density at radius 2 is 2.10 bits per heavy atom. The van der Waals surface area contributed by atoms with Gasteiger partial charge in [0.2, 0.25) is 0 Å². The van der Waals surface area contributed by atoms with E-state index in [1.54, 1.807) is 38.2 Å². The van der Waals surface area contributed by atoms with E-state index in [0.717, 1.165) is 10.4 Å². The third kappa shape index (κ3) is 3.32. The molecule has 2 aromatic rings. The Balaban J connectivity index is 2.38. The van der Waals surface area contributed by atoms with Gasteiger partial charge in [0.15, 0.2) is 0 Å². The first-order valence-corrected chi connectivity index (χ1v) is 8.68. The maximum Gasteiger partial charge on any atom is 0.263 e. The van der Waals surface area contributed by atoms with Gasteiger partial charge in [0.05, 0.1) is 5.69 Å². The molecule has 1 heterocycles. The number of hydrogen-bond acceptors (Lipinski definition) is 4. The zero-order chi connectivity index (χ0) is 14.8. The second kappa shape index (κ2) is 6.13. The number of thiophene rings is 1. The van der Waals surface area contributed by atoms with Crippen molar-refractivity contribution in [2.75, 3.05) is 11.8 Å². The van der Waals surface area contributed by atoms with Crippen LogP contribution in [0.1, 0.15) is 10.4 Å². The Kier molecular flexibility index (Phi) is 4.70. The second-order valence-corrected chi connectivity index (χ2v) is 7.34. The number of nitrogens with one attached hydrogen (secondary N) is 2. The van der Waals surface area contributed by atoms with Crippen molar-refractivity contribution < 1.29 is 8.42 Å². The van der Waals surface area contributed by atoms with Crippen LogP contribution in [-0.4, -0.2) is 15.5 Å². The summed E-state index contributed by atoms with van der Waals surface area (Å²) in [5, 5.41) is 5.31. The Morgan fingerprint density at radius 1 is 1.35 bits per heavy atom. The lowest BCUT2D eigenvalue weighted by Crippen LogP contribution is -2.16. The number of hydrogen-bond donors (Lipinski definition) is 2. The Labute approximate surface area is 127 Å². The lowest BCUT2D eigenvalue weighted by molar-refractivity contribution is 0.599. The monoisotopic (exact) mass is 330 g/mol. The second-order valence-electron chi connectivity index (χ2n) is 4.32. The summed E-state index contributed by atoms with van der Waals surface area (Å²) in [6.45, 7) is 2.31. The lowest BCUT2D eigenvalue weighted by Gasteiger charge is -2.10. The Hall–Kier alpha value is -1.08. The molecule has 0 fully saturated rings. The highest BCUT2D eigenvalue weighted by atomic mass is 35.5. The first kappa shape index (κ1) is 15.3. The third-order valence-corrected chi connectivity index (χ3v) is 5.75. The third-order valence-electron chi connectivity index (χ3n) is 2.67. The zero-order valence-electron chi connectivity index (χ0n) is 11.1. The summed E-state index contributed by atoms with van der Waals surface area (Å²) < 4.78 is 27.6. The van der Waals surface area contributed by atoms with Crippen LogP contribution in [0.5, 0.6) is 0 Å². The quantitative estimate of drug-likeness (QED) is 0.885. The molecule has 20 heavy (non-hydrogen) atoms. The molecule has 2 N–H and O–H groups in total. The SMILES string of the molecule is CNCc1scc(C)c1S(=O)(=O)Nc1cccc(Cl)c1. The summed E-state index contributed by atoms with van der Waals surface area (Å²) in [7, 11) is -1.82. The van der Waals surface area contributed by atoms with Crippen molar-refractivity contribution in [3.8, 4) is 0 Å². The summed E-state index contributed by atoms with van der Waals surface area (Å²) in [6.07, 6.45) is 0. The van der Waals surface area contributed by atoms with Crippen LogP contribution in [0.15, 0.2) is 34.5 Å². The van der Waals surface area contributed by atoms with Crippen LogP contribution in [0.2, 0.25) is 5.02 Å². The van der Waals surface area contributed by atoms with Gasteiger partial charge >= 0.3 is 0 Å². The molecule has 0 aliphatic carbocycles. The summed E-state index contributed by atoms with van der Waals surface area (Å²) in [6, 6.07) is 6.65. The van der Waals surface area contributed by atoms with Gasteiger partial charge in [0.25, 0.3) is 10.0 Å². The number of halogens is 1. The van der Waals surface area contributed by atoms with Gasteiger partial charge in [0.1, 0.15) is 4.90 Å². The van der Waals surface area contributed by atoms with Gasteiger partial charge in [-0.15, -0.1) is 11.3 Å². The van der Waals surface area contributed by atoms with Crippen molar-refractivity contribution >= 4 is 38.6 Å². The highest BCUT2D eigenvalue weighted by molar-refractivity contribution is 7.93. The Bertz CT molecular complexity index is 711. The maximum absolute atomic E-state index is 12.5. The number of aryl methyl sites for hydroxylation is 1. The van der Waals surface area contributed by atoms with Gasteiger partial charge in [-0.1, -0.05) is 17.7 Å². The zero-order valence-corrected chi connectivity index (χ0v) is 13.5. The van der Waals surface area contributed by atoms with Crippen molar-refractivity contribution in [2.24, 2.45) is 0 Å². The minimum atomic E-state index is -3.61. The minimum absolute atomic E-state index is 0.344. The summed E-state index contributed by atoms with van der Waals surface area (Å²) in [5.41, 5.74) is 1.20. The molecule has 1 aromatic heterocycles. The van der Waals surface area contributed by atoms with E-state index < -0.39 is 10.0 Å². The van der Waals surface area contributed by atoms with Gasteiger partial charge in [-0.05, 0) is 43.1 Å². The van der Waals surface area contributed by atoms with Crippen LogP contribution in [-0.2, 0) is 16.6 Å². The standard InChI is InChI=1S/C13H15ClN2O2S2/c1-9-8-19-12(7-15-2)13(9)20(17,18)16-11-5-3-4-10(14)6-11/h3-6,8,15-16H,7H2,1-2H3. The number of anilines is 1. The molecule has 0 aliphatic rings. The van der Waals surface area contributed by atoms with Gasteiger partial charge in [0, 0.05) is 16.4 Å². The lowest BCUT2D eigenvalue weighted by atomic mass is 10.3. The molecule has 0 spiro atoms. The summed E-state index contributed by atoms with van der Waals surface area (Å²) in [4.78, 5) is 1.14. The van der Waals surface area contributed by atoms with Crippen LogP contribution < -0.4 is 10.0 Å². The fourth-order valence-corrected chi connectivity index (χ4v) is 4.95. The predicted molar refractivity (Wildman–Crippen MR) is 84.1 cm³/mol. The van der Waals surface area contributed by atoms with E-state index in [2.05, 4.69) is 10.0 Å². The molecule has 1 aromatic carbocycles. The molecule has 0 radical (unpaired) electrons. The van der Waals surface area contributed by atoms with E-state index in [1.807, 2.05) is 5.38 Å². The largest absolute Gasteiger partial charge is 0.315 e. The minimum Gasteiger partial charge on any atom is -0.315 e. The molecule has 2 rings (SSSR count). The summed E-state index contributed by atoms with van der Waals surface area (Å²) in [5.74, 6) is 0. The smallest absolute Gasteiger partial charge is 0.263 e. The first-order valence-electron chi connectivity index (χ1n) is 5.94. The van der Waals surface area contributed by atoms with Crippen molar-refractivity contribution in [2.45, 2.75) is 18.4 Å². The molecule has 0 saturated heterocycles. The average Bonchev–Trinajstić information content (AvgIpc) is 2.71. The van der Waals surface area contributed by atoms with Crippen LogP contribution in [0.3, 0.4) is 0 Å². The predicted octanol–water partition coefficient (Wildman–Crippen LogP) is 3.23. The number of benzene rings is 1. The van der Waals surface area contributed by atoms with Crippen LogP contribution in [0.4, 0.5) is 5.69 Å². The molecule has 0 atom stereocenters. The van der Waals surface area contributed by atoms with E-state index in [0.29, 0.717) is 22.2 Å². The van der Waals surface area contributed by atoms with E-state index in [1.165, 1.54) is 11.3 Å². The number of sulfonamides is 1. The molecule has 4 nitrogen and oxygen atoms in total. The van der Waals surface area contributed by atoms with Gasteiger partial charge in [-0.2, -0.15) is 0 Å². The highest BCUT2D eigenvalue weighted by Gasteiger charge is 2.22. The van der Waals surface area contributed by atoms with Crippen molar-refractivity contribution in [1.29, 1.82) is 0 Å². The van der Waals surface area contributed by atoms with Crippen molar-refractivity contribution in [1.82, 2.24) is 5.32 Å². The van der Waals surface area contributed by atoms with Crippen LogP contribution in [0, 0.1) is 6.92 Å². The molecular weight excluding hydrogens is 316 g/mol. The molecule has 7 heteroatoms. The van der Waals surface area contributed by atoms with Crippen LogP contribution >= 0.6 is 22.9 Å². The molecule has 0 bridgehead atoms.